The molecule has 4 rings (SSSR count). The monoisotopic (exact) mass is 400 g/mol. The summed E-state index contributed by atoms with van der Waals surface area (Å²) in [4.78, 5) is 24.9. The van der Waals surface area contributed by atoms with Crippen molar-refractivity contribution in [2.45, 2.75) is 24.7 Å². The smallest absolute Gasteiger partial charge is 0.337 e. The Kier molecular flexibility index (Phi) is 5.11. The molecule has 2 atom stereocenters. The van der Waals surface area contributed by atoms with E-state index in [4.69, 9.17) is 15.2 Å². The molecule has 2 aromatic rings. The van der Waals surface area contributed by atoms with Crippen molar-refractivity contribution in [1.82, 2.24) is 0 Å². The first-order chi connectivity index (χ1) is 14.5. The van der Waals surface area contributed by atoms with Crippen LogP contribution in [0, 0.1) is 11.3 Å². The van der Waals surface area contributed by atoms with Crippen LogP contribution in [0.15, 0.2) is 77.4 Å². The van der Waals surface area contributed by atoms with E-state index in [1.54, 1.807) is 24.3 Å². The van der Waals surface area contributed by atoms with Gasteiger partial charge in [-0.25, -0.2) is 4.79 Å². The third-order valence-corrected chi connectivity index (χ3v) is 5.60. The average molecular weight is 400 g/mol. The molecule has 1 aliphatic carbocycles. The normalized spacial score (nSPS) is 20.9. The Hall–Kier alpha value is -3.85. The minimum atomic E-state index is -0.616. The van der Waals surface area contributed by atoms with Gasteiger partial charge in [0.25, 0.3) is 0 Å². The van der Waals surface area contributed by atoms with Gasteiger partial charge in [0.15, 0.2) is 5.78 Å². The van der Waals surface area contributed by atoms with Gasteiger partial charge >= 0.3 is 5.97 Å². The Balaban J connectivity index is 1.75. The summed E-state index contributed by atoms with van der Waals surface area (Å²) in [6.45, 7) is 0. The van der Waals surface area contributed by atoms with Gasteiger partial charge in [-0.1, -0.05) is 42.5 Å². The summed E-state index contributed by atoms with van der Waals surface area (Å²) < 4.78 is 10.5. The zero-order valence-corrected chi connectivity index (χ0v) is 16.4. The first-order valence-electron chi connectivity index (χ1n) is 9.60. The Morgan fingerprint density at radius 3 is 2.43 bits per heavy atom. The van der Waals surface area contributed by atoms with Crippen LogP contribution in [-0.4, -0.2) is 18.9 Å². The summed E-state index contributed by atoms with van der Waals surface area (Å²) in [6.07, 6.45) is 0.864. The van der Waals surface area contributed by atoms with Gasteiger partial charge in [0.1, 0.15) is 17.4 Å². The molecule has 0 aromatic heterocycles. The minimum Gasteiger partial charge on any atom is -0.465 e. The minimum absolute atomic E-state index is 0.00349. The van der Waals surface area contributed by atoms with Crippen molar-refractivity contribution < 1.29 is 19.1 Å². The van der Waals surface area contributed by atoms with Crippen LogP contribution < -0.4 is 5.73 Å². The van der Waals surface area contributed by atoms with E-state index in [0.717, 1.165) is 5.56 Å². The highest BCUT2D eigenvalue weighted by Gasteiger charge is 2.40. The lowest BCUT2D eigenvalue weighted by molar-refractivity contribution is -0.117. The number of ketones is 1. The van der Waals surface area contributed by atoms with Gasteiger partial charge in [-0.15, -0.1) is 0 Å². The lowest BCUT2D eigenvalue weighted by atomic mass is 9.73. The molecule has 1 heterocycles. The molecule has 0 radical (unpaired) electrons. The molecule has 6 heteroatoms. The summed E-state index contributed by atoms with van der Waals surface area (Å²) in [7, 11) is 1.31. The van der Waals surface area contributed by atoms with Crippen LogP contribution in [-0.2, 0) is 14.3 Å². The molecule has 0 amide bonds. The molecule has 0 fully saturated rings. The predicted octanol–water partition coefficient (Wildman–Crippen LogP) is 3.68. The number of hydrogen-bond donors (Lipinski definition) is 1. The van der Waals surface area contributed by atoms with Crippen molar-refractivity contribution in [3.63, 3.8) is 0 Å². The van der Waals surface area contributed by atoms with Gasteiger partial charge in [-0.2, -0.15) is 5.26 Å². The van der Waals surface area contributed by atoms with Crippen molar-refractivity contribution >= 4 is 11.8 Å². The third kappa shape index (κ3) is 3.35. The van der Waals surface area contributed by atoms with Crippen LogP contribution >= 0.6 is 0 Å². The van der Waals surface area contributed by atoms with E-state index in [9.17, 15) is 14.9 Å². The van der Waals surface area contributed by atoms with Crippen molar-refractivity contribution in [3.05, 3.63) is 94.1 Å². The van der Waals surface area contributed by atoms with E-state index >= 15 is 0 Å². The number of hydrogen-bond acceptors (Lipinski definition) is 6. The van der Waals surface area contributed by atoms with E-state index in [2.05, 4.69) is 6.07 Å². The Morgan fingerprint density at radius 1 is 1.10 bits per heavy atom. The number of rotatable bonds is 3. The van der Waals surface area contributed by atoms with Crippen molar-refractivity contribution in [1.29, 1.82) is 5.26 Å². The van der Waals surface area contributed by atoms with E-state index in [-0.39, 0.29) is 23.2 Å². The van der Waals surface area contributed by atoms with Gasteiger partial charge in [0, 0.05) is 18.4 Å². The quantitative estimate of drug-likeness (QED) is 0.789. The number of esters is 1. The van der Waals surface area contributed by atoms with E-state index < -0.39 is 11.9 Å². The van der Waals surface area contributed by atoms with Gasteiger partial charge < -0.3 is 15.2 Å². The van der Waals surface area contributed by atoms with Crippen LogP contribution in [0.25, 0.3) is 0 Å². The molecule has 0 saturated carbocycles. The molecule has 2 aliphatic rings. The molecule has 1 aliphatic heterocycles. The van der Waals surface area contributed by atoms with E-state index in [1.165, 1.54) is 7.11 Å². The fraction of sp³-hybridized carbons (Fsp3) is 0.208. The first-order valence-corrected chi connectivity index (χ1v) is 9.60. The van der Waals surface area contributed by atoms with Gasteiger partial charge in [-0.3, -0.25) is 4.79 Å². The largest absolute Gasteiger partial charge is 0.465 e. The van der Waals surface area contributed by atoms with Crippen molar-refractivity contribution in [3.8, 4) is 6.07 Å². The van der Waals surface area contributed by atoms with Crippen LogP contribution in [0.3, 0.4) is 0 Å². The topological polar surface area (TPSA) is 102 Å². The maximum atomic E-state index is 13.2. The average Bonchev–Trinajstić information content (AvgIpc) is 2.78. The summed E-state index contributed by atoms with van der Waals surface area (Å²) in [6, 6.07) is 18.6. The molecule has 6 nitrogen and oxygen atoms in total. The Morgan fingerprint density at radius 2 is 1.80 bits per heavy atom. The lowest BCUT2D eigenvalue weighted by Gasteiger charge is -2.34. The number of nitrogens with zero attached hydrogens (tertiary/aromatic N) is 1. The highest BCUT2D eigenvalue weighted by molar-refractivity contribution is 6.00. The van der Waals surface area contributed by atoms with Crippen LogP contribution in [0.5, 0.6) is 0 Å². The number of ether oxygens (including phenoxy) is 2. The molecule has 150 valence electrons. The molecule has 2 N–H and O–H groups in total. The molecule has 0 bridgehead atoms. The second kappa shape index (κ2) is 7.88. The summed E-state index contributed by atoms with van der Waals surface area (Å²) in [5.41, 5.74) is 8.89. The van der Waals surface area contributed by atoms with Crippen LogP contribution in [0.1, 0.15) is 46.2 Å². The first kappa shape index (κ1) is 19.5. The molecular formula is C24H20N2O4. The number of benzene rings is 2. The number of nitrogens with two attached hydrogens (primary N) is 1. The standard InChI is InChI=1S/C24H20N2O4/c1-29-24(28)16-9-7-15(8-10-16)21-18(13-25)23(26)30-20-12-17(11-19(27)22(20)21)14-5-3-2-4-6-14/h2-10,17,21H,11-12,26H2,1H3/t17-,21-/m0/s1. The van der Waals surface area contributed by atoms with Gasteiger partial charge in [0.05, 0.1) is 18.6 Å². The molecule has 0 unspecified atom stereocenters. The van der Waals surface area contributed by atoms with E-state index in [0.29, 0.717) is 35.3 Å². The maximum absolute atomic E-state index is 13.2. The van der Waals surface area contributed by atoms with Crippen molar-refractivity contribution in [2.24, 2.45) is 5.73 Å². The lowest BCUT2D eigenvalue weighted by Crippen LogP contribution is -2.29. The maximum Gasteiger partial charge on any atom is 0.337 e. The summed E-state index contributed by atoms with van der Waals surface area (Å²) in [5, 5.41) is 9.70. The highest BCUT2D eigenvalue weighted by atomic mass is 16.5. The zero-order valence-electron chi connectivity index (χ0n) is 16.4. The van der Waals surface area contributed by atoms with Crippen LogP contribution in [0.2, 0.25) is 0 Å². The second-order valence-electron chi connectivity index (χ2n) is 7.31. The summed E-state index contributed by atoms with van der Waals surface area (Å²) >= 11 is 0. The summed E-state index contributed by atoms with van der Waals surface area (Å²) in [5.74, 6) is -0.611. The molecule has 30 heavy (non-hydrogen) atoms. The van der Waals surface area contributed by atoms with Gasteiger partial charge in [0.2, 0.25) is 5.88 Å². The number of methoxy groups -OCH3 is 1. The Labute approximate surface area is 174 Å². The number of carbonyl (C=O) groups is 2. The molecular weight excluding hydrogens is 380 g/mol. The Bertz CT molecular complexity index is 1110. The third-order valence-electron chi connectivity index (χ3n) is 5.60. The second-order valence-corrected chi connectivity index (χ2v) is 7.31. The highest BCUT2D eigenvalue weighted by Crippen LogP contribution is 2.46. The molecule has 0 spiro atoms. The fourth-order valence-corrected chi connectivity index (χ4v) is 4.13. The number of Topliss-reactive ketones (excluding diaryl/α,β-unsaturated/α-hetero) is 1. The van der Waals surface area contributed by atoms with E-state index in [1.807, 2.05) is 30.3 Å². The number of carbonyl (C=O) groups excluding carboxylic acids is 2. The number of allylic oxidation sites excluding steroid dienone is 3. The molecule has 0 saturated heterocycles. The van der Waals surface area contributed by atoms with Crippen molar-refractivity contribution in [2.75, 3.05) is 7.11 Å². The number of nitriles is 1. The predicted molar refractivity (Wildman–Crippen MR) is 109 cm³/mol. The van der Waals surface area contributed by atoms with Gasteiger partial charge in [-0.05, 0) is 29.2 Å². The van der Waals surface area contributed by atoms with Crippen LogP contribution in [0.4, 0.5) is 0 Å². The fourth-order valence-electron chi connectivity index (χ4n) is 4.13. The zero-order chi connectivity index (χ0) is 21.3. The SMILES string of the molecule is COC(=O)c1ccc([C@H]2C(C#N)=C(N)OC3=C2C(=O)C[C@H](c2ccccc2)C3)cc1. The molecule has 2 aromatic carbocycles.